The largest absolute Gasteiger partial charge is 0.497 e. The van der Waals surface area contributed by atoms with Crippen molar-refractivity contribution in [2.75, 3.05) is 13.7 Å². The number of nitrogens with zero attached hydrogens (tertiary/aromatic N) is 2. The topological polar surface area (TPSA) is 50.9 Å². The third-order valence-electron chi connectivity index (χ3n) is 4.42. The van der Waals surface area contributed by atoms with Crippen molar-refractivity contribution in [3.63, 3.8) is 0 Å². The fourth-order valence-electron chi connectivity index (χ4n) is 3.15. The molecule has 0 saturated heterocycles. The summed E-state index contributed by atoms with van der Waals surface area (Å²) in [5, 5.41) is 2.43. The highest BCUT2D eigenvalue weighted by atomic mass is 16.5. The minimum absolute atomic E-state index is 0.295. The van der Waals surface area contributed by atoms with Crippen molar-refractivity contribution in [1.82, 2.24) is 4.90 Å². The van der Waals surface area contributed by atoms with Crippen LogP contribution in [0.5, 0.6) is 5.75 Å². The predicted molar refractivity (Wildman–Crippen MR) is 84.6 cm³/mol. The summed E-state index contributed by atoms with van der Waals surface area (Å²) < 4.78 is 5.28. The van der Waals surface area contributed by atoms with Crippen LogP contribution in [0.25, 0.3) is 10.8 Å². The number of hydrogen-bond donors (Lipinski definition) is 1. The van der Waals surface area contributed by atoms with Gasteiger partial charge in [-0.2, -0.15) is 0 Å². The van der Waals surface area contributed by atoms with E-state index in [1.807, 2.05) is 6.07 Å². The van der Waals surface area contributed by atoms with Gasteiger partial charge < -0.3 is 15.4 Å². The van der Waals surface area contributed by atoms with Crippen LogP contribution in [-0.4, -0.2) is 30.6 Å². The molecule has 0 aromatic heterocycles. The van der Waals surface area contributed by atoms with Gasteiger partial charge in [0.25, 0.3) is 0 Å². The Bertz CT molecular complexity index is 721. The Kier molecular flexibility index (Phi) is 2.77. The molecular formula is C17H19N3O. The van der Waals surface area contributed by atoms with Crippen LogP contribution in [0.4, 0.5) is 0 Å². The molecule has 1 aliphatic carbocycles. The average molecular weight is 281 g/mol. The zero-order valence-electron chi connectivity index (χ0n) is 12.1. The van der Waals surface area contributed by atoms with Crippen LogP contribution >= 0.6 is 0 Å². The summed E-state index contributed by atoms with van der Waals surface area (Å²) >= 11 is 0. The summed E-state index contributed by atoms with van der Waals surface area (Å²) in [5.74, 6) is 1.60. The Balaban J connectivity index is 1.70. The van der Waals surface area contributed by atoms with Crippen LogP contribution in [-0.2, 0) is 0 Å². The molecule has 1 fully saturated rings. The van der Waals surface area contributed by atoms with E-state index in [0.717, 1.165) is 12.3 Å². The zero-order valence-corrected chi connectivity index (χ0v) is 12.1. The molecule has 1 aliphatic heterocycles. The SMILES string of the molecule is COc1ccc2cc(C3CN=C(N)N3C3CC3)ccc2c1. The molecule has 1 unspecified atom stereocenters. The van der Waals surface area contributed by atoms with E-state index in [4.69, 9.17) is 10.5 Å². The second kappa shape index (κ2) is 4.65. The zero-order chi connectivity index (χ0) is 14.4. The standard InChI is InChI=1S/C17H19N3O/c1-21-15-7-4-11-8-13(3-2-12(11)9-15)16-10-19-17(18)20(16)14-5-6-14/h2-4,7-9,14,16H,5-6,10H2,1H3,(H2,18,19). The lowest BCUT2D eigenvalue weighted by molar-refractivity contribution is 0.338. The molecule has 0 radical (unpaired) electrons. The number of ether oxygens (including phenoxy) is 1. The predicted octanol–water partition coefficient (Wildman–Crippen LogP) is 2.68. The number of fused-ring (bicyclic) bond motifs is 1. The minimum atomic E-state index is 0.295. The molecule has 4 rings (SSSR count). The highest BCUT2D eigenvalue weighted by molar-refractivity contribution is 5.85. The molecule has 2 aromatic carbocycles. The van der Waals surface area contributed by atoms with E-state index in [0.29, 0.717) is 18.0 Å². The maximum absolute atomic E-state index is 6.06. The number of guanidine groups is 1. The van der Waals surface area contributed by atoms with Gasteiger partial charge in [-0.25, -0.2) is 0 Å². The van der Waals surface area contributed by atoms with Crippen molar-refractivity contribution in [1.29, 1.82) is 0 Å². The summed E-state index contributed by atoms with van der Waals surface area (Å²) in [7, 11) is 1.70. The molecule has 4 nitrogen and oxygen atoms in total. The van der Waals surface area contributed by atoms with Crippen molar-refractivity contribution in [3.8, 4) is 5.75 Å². The van der Waals surface area contributed by atoms with Gasteiger partial charge in [0.2, 0.25) is 0 Å². The van der Waals surface area contributed by atoms with Gasteiger partial charge in [-0.15, -0.1) is 0 Å². The maximum atomic E-state index is 6.06. The highest BCUT2D eigenvalue weighted by Crippen LogP contribution is 2.37. The Morgan fingerprint density at radius 1 is 1.14 bits per heavy atom. The monoisotopic (exact) mass is 281 g/mol. The molecule has 0 spiro atoms. The minimum Gasteiger partial charge on any atom is -0.497 e. The molecule has 2 aliphatic rings. The molecule has 1 heterocycles. The van der Waals surface area contributed by atoms with E-state index >= 15 is 0 Å². The number of aliphatic imine (C=N–C) groups is 1. The van der Waals surface area contributed by atoms with Gasteiger partial charge in [0.05, 0.1) is 19.7 Å². The second-order valence-corrected chi connectivity index (χ2v) is 5.83. The summed E-state index contributed by atoms with van der Waals surface area (Å²) in [6.45, 7) is 0.768. The Labute approximate surface area is 124 Å². The van der Waals surface area contributed by atoms with E-state index in [2.05, 4.69) is 40.2 Å². The van der Waals surface area contributed by atoms with E-state index in [-0.39, 0.29) is 0 Å². The lowest BCUT2D eigenvalue weighted by Gasteiger charge is -2.26. The van der Waals surface area contributed by atoms with Gasteiger partial charge in [0.1, 0.15) is 5.75 Å². The first-order valence-electron chi connectivity index (χ1n) is 7.42. The van der Waals surface area contributed by atoms with Crippen molar-refractivity contribution in [2.24, 2.45) is 10.7 Å². The van der Waals surface area contributed by atoms with E-state index in [1.165, 1.54) is 29.2 Å². The first-order chi connectivity index (χ1) is 10.3. The fourth-order valence-corrected chi connectivity index (χ4v) is 3.15. The quantitative estimate of drug-likeness (QED) is 0.941. The highest BCUT2D eigenvalue weighted by Gasteiger charge is 2.38. The van der Waals surface area contributed by atoms with E-state index < -0.39 is 0 Å². The van der Waals surface area contributed by atoms with Crippen LogP contribution in [0.1, 0.15) is 24.4 Å². The van der Waals surface area contributed by atoms with Gasteiger partial charge in [-0.05, 0) is 47.4 Å². The Morgan fingerprint density at radius 3 is 2.67 bits per heavy atom. The molecule has 0 bridgehead atoms. The van der Waals surface area contributed by atoms with E-state index in [9.17, 15) is 0 Å². The third-order valence-corrected chi connectivity index (χ3v) is 4.42. The molecule has 2 aromatic rings. The van der Waals surface area contributed by atoms with Gasteiger partial charge in [0, 0.05) is 6.04 Å². The van der Waals surface area contributed by atoms with Crippen molar-refractivity contribution in [2.45, 2.75) is 24.9 Å². The third kappa shape index (κ3) is 2.11. The van der Waals surface area contributed by atoms with Gasteiger partial charge in [0.15, 0.2) is 5.96 Å². The van der Waals surface area contributed by atoms with Gasteiger partial charge >= 0.3 is 0 Å². The Hall–Kier alpha value is -2.23. The summed E-state index contributed by atoms with van der Waals surface area (Å²) in [4.78, 5) is 6.74. The van der Waals surface area contributed by atoms with Crippen molar-refractivity contribution >= 4 is 16.7 Å². The summed E-state index contributed by atoms with van der Waals surface area (Å²) in [6, 6.07) is 13.7. The summed E-state index contributed by atoms with van der Waals surface area (Å²) in [6.07, 6.45) is 2.47. The lowest BCUT2D eigenvalue weighted by atomic mass is 10.0. The van der Waals surface area contributed by atoms with Crippen LogP contribution in [0.3, 0.4) is 0 Å². The number of nitrogens with two attached hydrogens (primary N) is 1. The number of hydrogen-bond acceptors (Lipinski definition) is 4. The number of methoxy groups -OCH3 is 1. The lowest BCUT2D eigenvalue weighted by Crippen LogP contribution is -2.37. The van der Waals surface area contributed by atoms with E-state index in [1.54, 1.807) is 7.11 Å². The van der Waals surface area contributed by atoms with Crippen LogP contribution < -0.4 is 10.5 Å². The normalized spacial score (nSPS) is 21.7. The molecule has 1 atom stereocenters. The maximum Gasteiger partial charge on any atom is 0.192 e. The summed E-state index contributed by atoms with van der Waals surface area (Å²) in [5.41, 5.74) is 7.35. The first-order valence-corrected chi connectivity index (χ1v) is 7.42. The smallest absolute Gasteiger partial charge is 0.192 e. The first kappa shape index (κ1) is 12.5. The van der Waals surface area contributed by atoms with Crippen LogP contribution in [0.15, 0.2) is 41.4 Å². The average Bonchev–Trinajstić information content (AvgIpc) is 3.28. The van der Waals surface area contributed by atoms with Crippen molar-refractivity contribution < 1.29 is 4.74 Å². The number of rotatable bonds is 3. The molecule has 21 heavy (non-hydrogen) atoms. The molecule has 4 heteroatoms. The Morgan fingerprint density at radius 2 is 1.90 bits per heavy atom. The fraction of sp³-hybridized carbons (Fsp3) is 0.353. The van der Waals surface area contributed by atoms with Gasteiger partial charge in [-0.1, -0.05) is 18.2 Å². The van der Waals surface area contributed by atoms with Crippen LogP contribution in [0.2, 0.25) is 0 Å². The molecule has 0 amide bonds. The van der Waals surface area contributed by atoms with Crippen LogP contribution in [0, 0.1) is 0 Å². The number of benzene rings is 2. The second-order valence-electron chi connectivity index (χ2n) is 5.83. The van der Waals surface area contributed by atoms with Gasteiger partial charge in [-0.3, -0.25) is 4.99 Å². The van der Waals surface area contributed by atoms with Crippen molar-refractivity contribution in [3.05, 3.63) is 42.0 Å². The molecule has 1 saturated carbocycles. The molecule has 108 valence electrons. The molecular weight excluding hydrogens is 262 g/mol. The molecule has 2 N–H and O–H groups in total.